The largest absolute Gasteiger partial charge is 0.457 e. The Kier molecular flexibility index (Phi) is 8.27. The number of aryl methyl sites for hydroxylation is 2. The van der Waals surface area contributed by atoms with Gasteiger partial charge in [0.05, 0.1) is 28.1 Å². The van der Waals surface area contributed by atoms with Gasteiger partial charge in [0.2, 0.25) is 0 Å². The zero-order chi connectivity index (χ0) is 36.1. The Bertz CT molecular complexity index is 2650. The highest BCUT2D eigenvalue weighted by Gasteiger charge is 2.33. The lowest BCUT2D eigenvalue weighted by Gasteiger charge is -2.30. The first-order valence-corrected chi connectivity index (χ1v) is 18.6. The molecule has 0 N–H and O–H groups in total. The van der Waals surface area contributed by atoms with E-state index in [-0.39, 0.29) is 5.92 Å². The summed E-state index contributed by atoms with van der Waals surface area (Å²) in [6, 6.07) is 46.9. The summed E-state index contributed by atoms with van der Waals surface area (Å²) < 4.78 is 11.2. The summed E-state index contributed by atoms with van der Waals surface area (Å²) in [5, 5.41) is 7.85. The van der Waals surface area contributed by atoms with E-state index in [1.54, 1.807) is 0 Å². The molecular formula is C48H42N4O. The molecule has 53 heavy (non-hydrogen) atoms. The Balaban J connectivity index is 1.21. The molecule has 0 spiro atoms. The molecule has 0 saturated heterocycles. The van der Waals surface area contributed by atoms with Gasteiger partial charge in [-0.2, -0.15) is 5.10 Å². The number of benzene rings is 5. The fraction of sp³-hybridized carbons (Fsp3) is 0.167. The summed E-state index contributed by atoms with van der Waals surface area (Å²) in [7, 11) is 0. The lowest BCUT2D eigenvalue weighted by atomic mass is 9.74. The van der Waals surface area contributed by atoms with E-state index in [0.29, 0.717) is 5.92 Å². The molecule has 260 valence electrons. The molecule has 2 atom stereocenters. The van der Waals surface area contributed by atoms with Gasteiger partial charge in [-0.1, -0.05) is 97.4 Å². The van der Waals surface area contributed by atoms with Gasteiger partial charge in [-0.25, -0.2) is 9.67 Å². The number of fused-ring (bicyclic) bond motifs is 3. The van der Waals surface area contributed by atoms with E-state index >= 15 is 0 Å². The fourth-order valence-electron chi connectivity index (χ4n) is 8.37. The molecule has 0 saturated carbocycles. The van der Waals surface area contributed by atoms with Gasteiger partial charge in [0.1, 0.15) is 17.3 Å². The Morgan fingerprint density at radius 2 is 1.40 bits per heavy atom. The van der Waals surface area contributed by atoms with Crippen LogP contribution in [0.15, 0.2) is 151 Å². The predicted octanol–water partition coefficient (Wildman–Crippen LogP) is 12.6. The third kappa shape index (κ3) is 5.92. The third-order valence-corrected chi connectivity index (χ3v) is 10.8. The highest BCUT2D eigenvalue weighted by molar-refractivity contribution is 6.09. The second-order valence-corrected chi connectivity index (χ2v) is 14.6. The van der Waals surface area contributed by atoms with Crippen molar-refractivity contribution < 1.29 is 4.74 Å². The number of hydrogen-bond donors (Lipinski definition) is 0. The van der Waals surface area contributed by atoms with Gasteiger partial charge in [0.25, 0.3) is 0 Å². The number of aromatic nitrogens is 4. The Morgan fingerprint density at radius 1 is 0.660 bits per heavy atom. The van der Waals surface area contributed by atoms with Crippen LogP contribution in [0.1, 0.15) is 49.3 Å². The summed E-state index contributed by atoms with van der Waals surface area (Å²) in [5.74, 6) is 3.15. The lowest BCUT2D eigenvalue weighted by Crippen LogP contribution is -2.16. The van der Waals surface area contributed by atoms with Crippen molar-refractivity contribution in [3.05, 3.63) is 168 Å². The average Bonchev–Trinajstić information content (AvgIpc) is 3.72. The molecule has 5 nitrogen and oxygen atoms in total. The number of allylic oxidation sites excluding steroid dienone is 2. The Morgan fingerprint density at radius 3 is 2.17 bits per heavy atom. The van der Waals surface area contributed by atoms with Crippen molar-refractivity contribution in [2.75, 3.05) is 0 Å². The van der Waals surface area contributed by atoms with E-state index in [2.05, 4.69) is 170 Å². The normalized spacial score (nSPS) is 15.9. The maximum atomic E-state index is 6.77. The van der Waals surface area contributed by atoms with Crippen molar-refractivity contribution in [2.24, 2.45) is 5.92 Å². The van der Waals surface area contributed by atoms with Crippen LogP contribution in [-0.2, 0) is 0 Å². The van der Waals surface area contributed by atoms with Crippen LogP contribution in [0, 0.1) is 19.8 Å². The molecular weight excluding hydrogens is 649 g/mol. The third-order valence-electron chi connectivity index (χ3n) is 10.8. The van der Waals surface area contributed by atoms with E-state index in [1.165, 1.54) is 16.5 Å². The molecule has 1 unspecified atom stereocenters. The van der Waals surface area contributed by atoms with Crippen LogP contribution in [0.4, 0.5) is 0 Å². The minimum Gasteiger partial charge on any atom is -0.457 e. The van der Waals surface area contributed by atoms with Crippen molar-refractivity contribution in [1.29, 1.82) is 0 Å². The van der Waals surface area contributed by atoms with E-state index in [1.807, 2.05) is 12.3 Å². The van der Waals surface area contributed by atoms with Gasteiger partial charge in [-0.05, 0) is 93.1 Å². The monoisotopic (exact) mass is 690 g/mol. The molecule has 3 aromatic heterocycles. The smallest absolute Gasteiger partial charge is 0.137 e. The van der Waals surface area contributed by atoms with Gasteiger partial charge >= 0.3 is 0 Å². The topological polar surface area (TPSA) is 44.9 Å². The van der Waals surface area contributed by atoms with Crippen LogP contribution < -0.4 is 4.74 Å². The van der Waals surface area contributed by atoms with Crippen molar-refractivity contribution in [1.82, 2.24) is 19.3 Å². The van der Waals surface area contributed by atoms with Crippen molar-refractivity contribution >= 4 is 21.8 Å². The molecule has 0 aliphatic heterocycles. The SMILES string of the molecule is CC1=CCC[C@H](C)C1c1c(-c2ccccc2)nn(-c2cc(C)cc(Oc3ccc4c5ccccc5n(-c5cc(C)ccn5)c4c3)c2)c1-c1ccccc1. The Hall–Kier alpha value is -6.20. The molecule has 5 heteroatoms. The van der Waals surface area contributed by atoms with Gasteiger partial charge in [-0.3, -0.25) is 4.57 Å². The van der Waals surface area contributed by atoms with Crippen LogP contribution in [0.3, 0.4) is 0 Å². The fourth-order valence-corrected chi connectivity index (χ4v) is 8.37. The van der Waals surface area contributed by atoms with Crippen LogP contribution >= 0.6 is 0 Å². The molecule has 5 aromatic carbocycles. The summed E-state index contributed by atoms with van der Waals surface area (Å²) >= 11 is 0. The predicted molar refractivity (Wildman–Crippen MR) is 217 cm³/mol. The first-order valence-electron chi connectivity index (χ1n) is 18.6. The second kappa shape index (κ2) is 13.4. The quantitative estimate of drug-likeness (QED) is 0.156. The number of hydrogen-bond acceptors (Lipinski definition) is 3. The molecule has 9 rings (SSSR count). The summed E-state index contributed by atoms with van der Waals surface area (Å²) in [6.07, 6.45) is 6.57. The van der Waals surface area contributed by atoms with Crippen LogP contribution in [0.5, 0.6) is 11.5 Å². The first-order chi connectivity index (χ1) is 25.9. The Labute approximate surface area is 310 Å². The molecule has 0 amide bonds. The summed E-state index contributed by atoms with van der Waals surface area (Å²) in [5.41, 5.74) is 12.5. The molecule has 8 aromatic rings. The number of para-hydroxylation sites is 1. The minimum absolute atomic E-state index is 0.254. The molecule has 3 heterocycles. The molecule has 0 fully saturated rings. The van der Waals surface area contributed by atoms with Crippen LogP contribution in [-0.4, -0.2) is 19.3 Å². The van der Waals surface area contributed by atoms with E-state index in [4.69, 9.17) is 14.8 Å². The highest BCUT2D eigenvalue weighted by atomic mass is 16.5. The summed E-state index contributed by atoms with van der Waals surface area (Å²) in [4.78, 5) is 4.77. The summed E-state index contributed by atoms with van der Waals surface area (Å²) in [6.45, 7) is 8.92. The van der Waals surface area contributed by atoms with Crippen molar-refractivity contribution in [3.63, 3.8) is 0 Å². The van der Waals surface area contributed by atoms with Gasteiger partial charge in [-0.15, -0.1) is 0 Å². The van der Waals surface area contributed by atoms with Gasteiger partial charge in [0, 0.05) is 51.7 Å². The second-order valence-electron chi connectivity index (χ2n) is 14.6. The van der Waals surface area contributed by atoms with Gasteiger partial charge in [0.15, 0.2) is 0 Å². The molecule has 0 bridgehead atoms. The molecule has 1 aliphatic rings. The number of nitrogens with zero attached hydrogens (tertiary/aromatic N) is 4. The highest BCUT2D eigenvalue weighted by Crippen LogP contribution is 2.47. The lowest BCUT2D eigenvalue weighted by molar-refractivity contribution is 0.451. The van der Waals surface area contributed by atoms with Crippen LogP contribution in [0.25, 0.3) is 55.8 Å². The number of rotatable bonds is 7. The maximum absolute atomic E-state index is 6.77. The van der Waals surface area contributed by atoms with Gasteiger partial charge < -0.3 is 4.74 Å². The van der Waals surface area contributed by atoms with Crippen LogP contribution in [0.2, 0.25) is 0 Å². The maximum Gasteiger partial charge on any atom is 0.137 e. The first kappa shape index (κ1) is 32.7. The molecule has 1 aliphatic carbocycles. The van der Waals surface area contributed by atoms with Crippen molar-refractivity contribution in [2.45, 2.75) is 46.5 Å². The average molecular weight is 691 g/mol. The number of pyridine rings is 1. The zero-order valence-electron chi connectivity index (χ0n) is 30.6. The zero-order valence-corrected chi connectivity index (χ0v) is 30.6. The van der Waals surface area contributed by atoms with E-state index in [9.17, 15) is 0 Å². The standard InChI is InChI=1S/C48H42N4O/c1-31-24-25-49-44(28-31)51-42-21-12-11-20-40(42)41-23-22-38(30-43(41)51)53-39-27-32(2)26-37(29-39)52-48(36-18-9-6-10-19-36)46(45-33(3)14-13-15-34(45)4)47(50-52)35-16-7-5-8-17-35/h5-12,14,16-30,34,45H,13,15H2,1-4H3/t34-,45?/m0/s1. The number of ether oxygens (including phenoxy) is 1. The minimum atomic E-state index is 0.254. The molecule has 0 radical (unpaired) electrons. The van der Waals surface area contributed by atoms with Crippen molar-refractivity contribution in [3.8, 4) is 45.5 Å². The van der Waals surface area contributed by atoms with E-state index in [0.717, 1.165) is 85.9 Å². The van der Waals surface area contributed by atoms with E-state index < -0.39 is 0 Å².